The van der Waals surface area contributed by atoms with Crippen molar-refractivity contribution in [3.63, 3.8) is 0 Å². The highest BCUT2D eigenvalue weighted by atomic mass is 32.2. The van der Waals surface area contributed by atoms with E-state index in [-0.39, 0.29) is 6.03 Å². The lowest BCUT2D eigenvalue weighted by Crippen LogP contribution is -2.44. The predicted octanol–water partition coefficient (Wildman–Crippen LogP) is 2.14. The van der Waals surface area contributed by atoms with E-state index in [1.54, 1.807) is 28.8 Å². The minimum absolute atomic E-state index is 0.157. The van der Waals surface area contributed by atoms with E-state index < -0.39 is 11.9 Å². The highest BCUT2D eigenvalue weighted by molar-refractivity contribution is 7.98. The van der Waals surface area contributed by atoms with Crippen LogP contribution in [-0.4, -0.2) is 42.2 Å². The van der Waals surface area contributed by atoms with Gasteiger partial charge in [-0.1, -0.05) is 18.2 Å². The molecule has 0 saturated heterocycles. The Morgan fingerprint density at radius 1 is 1.45 bits per heavy atom. The van der Waals surface area contributed by atoms with Gasteiger partial charge in [0.05, 0.1) is 5.92 Å². The summed E-state index contributed by atoms with van der Waals surface area (Å²) in [6.07, 6.45) is 2.43. The van der Waals surface area contributed by atoms with Crippen molar-refractivity contribution in [3.05, 3.63) is 29.8 Å². The van der Waals surface area contributed by atoms with E-state index in [0.717, 1.165) is 5.75 Å². The summed E-state index contributed by atoms with van der Waals surface area (Å²) in [5.41, 5.74) is 1.42. The summed E-state index contributed by atoms with van der Waals surface area (Å²) in [6.45, 7) is 1.04. The van der Waals surface area contributed by atoms with Gasteiger partial charge in [-0.3, -0.25) is 9.69 Å². The quantitative estimate of drug-likeness (QED) is 0.835. The average Bonchev–Trinajstić information content (AvgIpc) is 2.46. The molecule has 2 rings (SSSR count). The highest BCUT2D eigenvalue weighted by Gasteiger charge is 2.32. The fourth-order valence-electron chi connectivity index (χ4n) is 2.39. The molecule has 1 aromatic carbocycles. The van der Waals surface area contributed by atoms with Crippen LogP contribution < -0.4 is 10.2 Å². The van der Waals surface area contributed by atoms with E-state index in [4.69, 9.17) is 0 Å². The van der Waals surface area contributed by atoms with Crippen molar-refractivity contribution < 1.29 is 14.7 Å². The molecule has 2 amide bonds. The van der Waals surface area contributed by atoms with Gasteiger partial charge in [-0.25, -0.2) is 4.79 Å². The normalized spacial score (nSPS) is 17.4. The number of carbonyl (C=O) groups excluding carboxylic acids is 1. The van der Waals surface area contributed by atoms with Gasteiger partial charge in [-0.2, -0.15) is 11.8 Å². The number of benzene rings is 1. The number of carboxylic acid groups (broad SMARTS) is 1. The largest absolute Gasteiger partial charge is 0.481 e. The molecule has 1 aromatic rings. The van der Waals surface area contributed by atoms with E-state index in [2.05, 4.69) is 5.32 Å². The number of aliphatic carboxylic acids is 1. The van der Waals surface area contributed by atoms with Crippen LogP contribution in [0.3, 0.4) is 0 Å². The van der Waals surface area contributed by atoms with Gasteiger partial charge >= 0.3 is 12.0 Å². The van der Waals surface area contributed by atoms with Gasteiger partial charge in [0, 0.05) is 24.5 Å². The van der Waals surface area contributed by atoms with Crippen molar-refractivity contribution >= 4 is 29.4 Å². The number of fused-ring (bicyclic) bond motifs is 1. The molecule has 2 N–H and O–H groups in total. The number of nitrogens with one attached hydrogen (secondary N) is 1. The molecule has 1 heterocycles. The van der Waals surface area contributed by atoms with Crippen LogP contribution in [0.5, 0.6) is 0 Å². The molecule has 108 valence electrons. The van der Waals surface area contributed by atoms with E-state index in [9.17, 15) is 14.7 Å². The molecule has 1 atom stereocenters. The maximum Gasteiger partial charge on any atom is 0.321 e. The molecule has 1 aliphatic heterocycles. The Morgan fingerprint density at radius 3 is 2.90 bits per heavy atom. The first kappa shape index (κ1) is 14.7. The lowest BCUT2D eigenvalue weighted by molar-refractivity contribution is -0.139. The molecule has 0 saturated carbocycles. The number of carbonyl (C=O) groups is 2. The minimum Gasteiger partial charge on any atom is -0.481 e. The molecule has 0 radical (unpaired) electrons. The molecule has 1 aliphatic rings. The van der Waals surface area contributed by atoms with E-state index >= 15 is 0 Å². The zero-order valence-electron chi connectivity index (χ0n) is 11.3. The number of rotatable bonds is 4. The number of urea groups is 1. The average molecular weight is 294 g/mol. The van der Waals surface area contributed by atoms with Gasteiger partial charge < -0.3 is 10.4 Å². The molecule has 6 heteroatoms. The molecule has 0 fully saturated rings. The smallest absolute Gasteiger partial charge is 0.321 e. The predicted molar refractivity (Wildman–Crippen MR) is 80.6 cm³/mol. The number of carboxylic acids is 1. The zero-order chi connectivity index (χ0) is 14.5. The Hall–Kier alpha value is -1.69. The number of nitrogens with zero attached hydrogens (tertiary/aromatic N) is 1. The van der Waals surface area contributed by atoms with Crippen LogP contribution in [0.25, 0.3) is 0 Å². The summed E-state index contributed by atoms with van der Waals surface area (Å²) in [5, 5.41) is 12.1. The Labute approximate surface area is 122 Å². The molecule has 0 aliphatic carbocycles. The third kappa shape index (κ3) is 3.07. The van der Waals surface area contributed by atoms with Crippen molar-refractivity contribution in [1.82, 2.24) is 5.32 Å². The third-order valence-electron chi connectivity index (χ3n) is 3.37. The Kier molecular flexibility index (Phi) is 4.89. The van der Waals surface area contributed by atoms with Crippen LogP contribution in [0.4, 0.5) is 10.5 Å². The van der Waals surface area contributed by atoms with Crippen LogP contribution >= 0.6 is 11.8 Å². The van der Waals surface area contributed by atoms with Crippen LogP contribution in [0.15, 0.2) is 24.3 Å². The summed E-state index contributed by atoms with van der Waals surface area (Å²) >= 11 is 1.67. The standard InChI is InChI=1S/C14H18N2O3S/c1-20-9-7-15-14(19)16-8-6-11(13(17)18)10-4-2-3-5-12(10)16/h2-5,11H,6-9H2,1H3,(H,15,19)(H,17,18). The summed E-state index contributed by atoms with van der Waals surface area (Å²) in [4.78, 5) is 25.1. The number of para-hydroxylation sites is 1. The molecule has 1 unspecified atom stereocenters. The van der Waals surface area contributed by atoms with E-state index in [1.165, 1.54) is 0 Å². The van der Waals surface area contributed by atoms with Crippen molar-refractivity contribution in [2.75, 3.05) is 30.0 Å². The highest BCUT2D eigenvalue weighted by Crippen LogP contribution is 2.35. The first-order chi connectivity index (χ1) is 9.65. The summed E-state index contributed by atoms with van der Waals surface area (Å²) < 4.78 is 0. The number of amides is 2. The maximum atomic E-state index is 12.2. The molecule has 0 spiro atoms. The SMILES string of the molecule is CSCCNC(=O)N1CCC(C(=O)O)c2ccccc21. The van der Waals surface area contributed by atoms with Crippen LogP contribution in [0, 0.1) is 0 Å². The van der Waals surface area contributed by atoms with E-state index in [1.807, 2.05) is 18.4 Å². The van der Waals surface area contributed by atoms with Crippen molar-refractivity contribution in [1.29, 1.82) is 0 Å². The monoisotopic (exact) mass is 294 g/mol. The van der Waals surface area contributed by atoms with Gasteiger partial charge in [-0.05, 0) is 24.3 Å². The molecule has 5 nitrogen and oxygen atoms in total. The van der Waals surface area contributed by atoms with Gasteiger partial charge in [0.2, 0.25) is 0 Å². The fourth-order valence-corrected chi connectivity index (χ4v) is 2.69. The first-order valence-electron chi connectivity index (χ1n) is 6.51. The second kappa shape index (κ2) is 6.65. The third-order valence-corrected chi connectivity index (χ3v) is 3.98. The fraction of sp³-hybridized carbons (Fsp3) is 0.429. The van der Waals surface area contributed by atoms with Crippen LogP contribution in [0.1, 0.15) is 17.9 Å². The van der Waals surface area contributed by atoms with Gasteiger partial charge in [0.1, 0.15) is 0 Å². The summed E-state index contributed by atoms with van der Waals surface area (Å²) in [6, 6.07) is 7.07. The lowest BCUT2D eigenvalue weighted by Gasteiger charge is -2.32. The van der Waals surface area contributed by atoms with Crippen molar-refractivity contribution in [3.8, 4) is 0 Å². The lowest BCUT2D eigenvalue weighted by atomic mass is 9.90. The summed E-state index contributed by atoms with van der Waals surface area (Å²) in [5.74, 6) is -0.500. The second-order valence-electron chi connectivity index (χ2n) is 4.61. The van der Waals surface area contributed by atoms with Crippen molar-refractivity contribution in [2.45, 2.75) is 12.3 Å². The summed E-state index contributed by atoms with van der Waals surface area (Å²) in [7, 11) is 0. The minimum atomic E-state index is -0.833. The van der Waals surface area contributed by atoms with Crippen LogP contribution in [0.2, 0.25) is 0 Å². The number of hydrogen-bond acceptors (Lipinski definition) is 3. The first-order valence-corrected chi connectivity index (χ1v) is 7.90. The second-order valence-corrected chi connectivity index (χ2v) is 5.60. The zero-order valence-corrected chi connectivity index (χ0v) is 12.2. The topological polar surface area (TPSA) is 69.6 Å². The molecule has 0 aromatic heterocycles. The number of anilines is 1. The maximum absolute atomic E-state index is 12.2. The van der Waals surface area contributed by atoms with Gasteiger partial charge in [0.15, 0.2) is 0 Å². The molecule has 0 bridgehead atoms. The Balaban J connectivity index is 2.18. The van der Waals surface area contributed by atoms with Gasteiger partial charge in [-0.15, -0.1) is 0 Å². The molecular formula is C14H18N2O3S. The van der Waals surface area contributed by atoms with Crippen molar-refractivity contribution in [2.24, 2.45) is 0 Å². The molecular weight excluding hydrogens is 276 g/mol. The van der Waals surface area contributed by atoms with Crippen LogP contribution in [-0.2, 0) is 4.79 Å². The Bertz CT molecular complexity index is 507. The Morgan fingerprint density at radius 2 is 2.20 bits per heavy atom. The van der Waals surface area contributed by atoms with Gasteiger partial charge in [0.25, 0.3) is 0 Å². The molecule has 20 heavy (non-hydrogen) atoms. The van der Waals surface area contributed by atoms with E-state index in [0.29, 0.717) is 30.8 Å². The number of thioether (sulfide) groups is 1. The number of hydrogen-bond donors (Lipinski definition) is 2.